The van der Waals surface area contributed by atoms with Crippen LogP contribution in [0.4, 0.5) is 8.68 Å². The molecule has 1 N–H and O–H groups in total. The van der Waals surface area contributed by atoms with E-state index < -0.39 is 34.9 Å². The zero-order valence-corrected chi connectivity index (χ0v) is 23.8. The molecule has 8 nitrogen and oxygen atoms in total. The summed E-state index contributed by atoms with van der Waals surface area (Å²) in [6.07, 6.45) is -0.650. The molecular weight excluding hydrogens is 536 g/mol. The lowest BCUT2D eigenvalue weighted by atomic mass is 9.75. The summed E-state index contributed by atoms with van der Waals surface area (Å²) in [5.74, 6) is -0.358. The molecule has 0 aromatic heterocycles. The Morgan fingerprint density at radius 2 is 1.52 bits per heavy atom. The summed E-state index contributed by atoms with van der Waals surface area (Å²) < 4.78 is 58.3. The molecule has 0 bridgehead atoms. The van der Waals surface area contributed by atoms with E-state index >= 15 is 0 Å². The molecule has 11 heteroatoms. The fraction of sp³-hybridized carbons (Fsp3) is 0.345. The minimum atomic E-state index is -5.28. The number of alkyl carbamates (subject to hydrolysis) is 1. The lowest BCUT2D eigenvalue weighted by molar-refractivity contribution is 0.00578. The van der Waals surface area contributed by atoms with E-state index in [1.165, 1.54) is 12.1 Å². The van der Waals surface area contributed by atoms with Crippen LogP contribution in [-0.2, 0) is 31.1 Å². The van der Waals surface area contributed by atoms with E-state index in [1.54, 1.807) is 6.92 Å². The third kappa shape index (κ3) is 5.46. The molecule has 1 aliphatic heterocycles. The Hall–Kier alpha value is -3.41. The van der Waals surface area contributed by atoms with E-state index in [2.05, 4.69) is 21.6 Å². The van der Waals surface area contributed by atoms with Crippen LogP contribution in [0.3, 0.4) is 0 Å². The molecule has 0 radical (unpaired) electrons. The molecule has 1 amide bonds. The van der Waals surface area contributed by atoms with Crippen molar-refractivity contribution in [3.8, 4) is 16.9 Å². The van der Waals surface area contributed by atoms with Crippen LogP contribution < -0.4 is 15.0 Å². The van der Waals surface area contributed by atoms with Crippen LogP contribution in [0.2, 0.25) is 0 Å². The second-order valence-electron chi connectivity index (χ2n) is 11.0. The minimum absolute atomic E-state index is 0.0292. The first-order valence-corrected chi connectivity index (χ1v) is 14.3. The SMILES string of the molecule is Cc1c(CNC(=O)OCC2c3ccccc3-c3ccccc32)cc(OS(=O)(=O)F)cc1B1OC(C)(C)C(C)(C)O1. The van der Waals surface area contributed by atoms with Crippen molar-refractivity contribution in [2.75, 3.05) is 6.61 Å². The fourth-order valence-corrected chi connectivity index (χ4v) is 5.47. The van der Waals surface area contributed by atoms with Crippen LogP contribution in [-0.4, -0.2) is 39.4 Å². The Balaban J connectivity index is 1.32. The average molecular weight is 567 g/mol. The van der Waals surface area contributed by atoms with Gasteiger partial charge >= 0.3 is 23.7 Å². The molecule has 40 heavy (non-hydrogen) atoms. The highest BCUT2D eigenvalue weighted by Crippen LogP contribution is 2.44. The van der Waals surface area contributed by atoms with Crippen molar-refractivity contribution >= 4 is 29.2 Å². The van der Waals surface area contributed by atoms with E-state index in [4.69, 9.17) is 14.0 Å². The first-order chi connectivity index (χ1) is 18.8. The smallest absolute Gasteiger partial charge is 0.449 e. The number of ether oxygens (including phenoxy) is 1. The summed E-state index contributed by atoms with van der Waals surface area (Å²) in [6, 6.07) is 18.8. The number of halogens is 1. The van der Waals surface area contributed by atoms with Crippen molar-refractivity contribution in [1.29, 1.82) is 0 Å². The lowest BCUT2D eigenvalue weighted by Gasteiger charge is -2.32. The van der Waals surface area contributed by atoms with Gasteiger partial charge in [0.15, 0.2) is 0 Å². The van der Waals surface area contributed by atoms with Gasteiger partial charge in [0.25, 0.3) is 0 Å². The average Bonchev–Trinajstić information content (AvgIpc) is 3.31. The predicted octanol–water partition coefficient (Wildman–Crippen LogP) is 4.93. The third-order valence-corrected chi connectivity index (χ3v) is 8.39. The molecule has 1 fully saturated rings. The molecule has 1 aliphatic carbocycles. The van der Waals surface area contributed by atoms with Crippen molar-refractivity contribution in [1.82, 2.24) is 5.32 Å². The summed E-state index contributed by atoms with van der Waals surface area (Å²) in [5, 5.41) is 2.71. The highest BCUT2D eigenvalue weighted by molar-refractivity contribution is 7.81. The van der Waals surface area contributed by atoms with Crippen molar-refractivity contribution in [3.63, 3.8) is 0 Å². The number of carbonyl (C=O) groups is 1. The minimum Gasteiger partial charge on any atom is -0.449 e. The quantitative estimate of drug-likeness (QED) is 0.320. The molecule has 5 rings (SSSR count). The van der Waals surface area contributed by atoms with Crippen molar-refractivity contribution in [2.24, 2.45) is 0 Å². The Bertz CT molecular complexity index is 1510. The van der Waals surface area contributed by atoms with Gasteiger partial charge in [0.2, 0.25) is 0 Å². The van der Waals surface area contributed by atoms with Crippen molar-refractivity contribution in [2.45, 2.75) is 58.3 Å². The number of hydrogen-bond acceptors (Lipinski definition) is 7. The Kier molecular flexibility index (Phi) is 7.18. The summed E-state index contributed by atoms with van der Waals surface area (Å²) in [5.41, 5.74) is 4.73. The van der Waals surface area contributed by atoms with E-state index in [9.17, 15) is 17.1 Å². The Labute approximate surface area is 234 Å². The fourth-order valence-electron chi connectivity index (χ4n) is 5.15. The van der Waals surface area contributed by atoms with Crippen LogP contribution in [0.25, 0.3) is 11.1 Å². The standard InChI is InChI=1S/C29H31BFNO7S/c1-18-19(14-20(37-40(31,34)35)15-26(18)30-38-28(2,3)29(4,5)39-30)16-32-27(33)36-17-25-23-12-8-6-10-21(23)22-11-7-9-13-24(22)25/h6-15,25H,16-17H2,1-5H3,(H,32,33). The van der Waals surface area contributed by atoms with Gasteiger partial charge in [0.1, 0.15) is 12.4 Å². The zero-order valence-electron chi connectivity index (χ0n) is 23.0. The molecular formula is C29H31BFNO7S. The van der Waals surface area contributed by atoms with Crippen LogP contribution in [0.15, 0.2) is 60.7 Å². The van der Waals surface area contributed by atoms with Gasteiger partial charge < -0.3 is 23.5 Å². The van der Waals surface area contributed by atoms with Gasteiger partial charge in [-0.2, -0.15) is 8.42 Å². The topological polar surface area (TPSA) is 100 Å². The summed E-state index contributed by atoms with van der Waals surface area (Å²) in [4.78, 5) is 12.8. The van der Waals surface area contributed by atoms with Gasteiger partial charge in [-0.1, -0.05) is 52.4 Å². The van der Waals surface area contributed by atoms with Crippen LogP contribution in [0.1, 0.15) is 55.9 Å². The van der Waals surface area contributed by atoms with E-state index in [1.807, 2.05) is 64.1 Å². The number of hydrogen-bond donors (Lipinski definition) is 1. The van der Waals surface area contributed by atoms with Crippen molar-refractivity contribution in [3.05, 3.63) is 82.9 Å². The highest BCUT2D eigenvalue weighted by atomic mass is 32.3. The molecule has 3 aromatic carbocycles. The second kappa shape index (κ2) is 10.2. The zero-order chi connectivity index (χ0) is 28.9. The van der Waals surface area contributed by atoms with E-state index in [0.29, 0.717) is 16.6 Å². The Morgan fingerprint density at radius 1 is 0.975 bits per heavy atom. The molecule has 0 saturated carbocycles. The maximum absolute atomic E-state index is 13.4. The second-order valence-corrected chi connectivity index (χ2v) is 12.0. The van der Waals surface area contributed by atoms with Gasteiger partial charge in [-0.15, -0.1) is 0 Å². The molecule has 0 atom stereocenters. The van der Waals surface area contributed by atoms with Gasteiger partial charge in [-0.25, -0.2) is 4.79 Å². The van der Waals surface area contributed by atoms with Gasteiger partial charge in [0, 0.05) is 12.5 Å². The molecule has 2 aliphatic rings. The number of amides is 1. The number of fused-ring (bicyclic) bond motifs is 3. The first-order valence-electron chi connectivity index (χ1n) is 13.0. The van der Waals surface area contributed by atoms with Crippen molar-refractivity contribution < 1.29 is 35.3 Å². The molecule has 210 valence electrons. The van der Waals surface area contributed by atoms with Gasteiger partial charge in [-0.3, -0.25) is 0 Å². The van der Waals surface area contributed by atoms with Gasteiger partial charge in [-0.05, 0) is 85.6 Å². The van der Waals surface area contributed by atoms with Gasteiger partial charge in [0.05, 0.1) is 11.2 Å². The summed E-state index contributed by atoms with van der Waals surface area (Å²) >= 11 is 0. The van der Waals surface area contributed by atoms with E-state index in [-0.39, 0.29) is 24.8 Å². The lowest BCUT2D eigenvalue weighted by Crippen LogP contribution is -2.41. The maximum atomic E-state index is 13.4. The summed E-state index contributed by atoms with van der Waals surface area (Å²) in [6.45, 7) is 9.42. The van der Waals surface area contributed by atoms with Crippen LogP contribution in [0, 0.1) is 6.92 Å². The number of benzene rings is 3. The summed E-state index contributed by atoms with van der Waals surface area (Å²) in [7, 11) is -6.14. The van der Waals surface area contributed by atoms with E-state index in [0.717, 1.165) is 22.3 Å². The monoisotopic (exact) mass is 567 g/mol. The number of carbonyl (C=O) groups excluding carboxylic acids is 1. The highest BCUT2D eigenvalue weighted by Gasteiger charge is 2.52. The third-order valence-electron chi connectivity index (χ3n) is 8.00. The molecule has 0 unspecified atom stereocenters. The van der Waals surface area contributed by atoms with Crippen LogP contribution in [0.5, 0.6) is 5.75 Å². The molecule has 3 aromatic rings. The molecule has 0 spiro atoms. The maximum Gasteiger partial charge on any atom is 0.495 e. The molecule has 1 heterocycles. The molecule has 1 saturated heterocycles. The number of nitrogens with one attached hydrogen (secondary N) is 1. The number of rotatable bonds is 7. The Morgan fingerprint density at radius 3 is 2.08 bits per heavy atom. The first kappa shape index (κ1) is 28.1. The predicted molar refractivity (Wildman–Crippen MR) is 149 cm³/mol. The normalized spacial score (nSPS) is 17.3. The largest absolute Gasteiger partial charge is 0.495 e. The van der Waals surface area contributed by atoms with Crippen LogP contribution >= 0.6 is 0 Å².